The zero-order chi connectivity index (χ0) is 14.9. The molecule has 1 aromatic carbocycles. The van der Waals surface area contributed by atoms with Crippen molar-refractivity contribution in [3.05, 3.63) is 21.6 Å². The Kier molecular flexibility index (Phi) is 4.96. The normalized spacial score (nSPS) is 20.9. The van der Waals surface area contributed by atoms with E-state index in [-0.39, 0.29) is 16.7 Å². The van der Waals surface area contributed by atoms with Gasteiger partial charge in [-0.05, 0) is 40.9 Å². The van der Waals surface area contributed by atoms with Crippen LogP contribution in [0.4, 0.5) is 0 Å². The molecule has 0 saturated carbocycles. The maximum atomic E-state index is 12.7. The lowest BCUT2D eigenvalue weighted by molar-refractivity contribution is 0.314. The van der Waals surface area contributed by atoms with E-state index in [0.717, 1.165) is 12.8 Å². The summed E-state index contributed by atoms with van der Waals surface area (Å²) >= 11 is 9.23. The van der Waals surface area contributed by atoms with E-state index in [1.807, 2.05) is 0 Å². The van der Waals surface area contributed by atoms with Gasteiger partial charge < -0.3 is 10.5 Å². The fraction of sp³-hybridized carbons (Fsp3) is 0.500. The molecule has 0 aromatic heterocycles. The molecule has 1 heterocycles. The quantitative estimate of drug-likeness (QED) is 0.868. The summed E-state index contributed by atoms with van der Waals surface area (Å²) in [4.78, 5) is 0.0634. The molecule has 0 amide bonds. The first-order chi connectivity index (χ1) is 9.36. The van der Waals surface area contributed by atoms with Crippen molar-refractivity contribution in [3.63, 3.8) is 0 Å². The fourth-order valence-corrected chi connectivity index (χ4v) is 5.16. The van der Waals surface area contributed by atoms with Gasteiger partial charge in [-0.1, -0.05) is 11.6 Å². The number of nitrogens with zero attached hydrogens (tertiary/aromatic N) is 1. The summed E-state index contributed by atoms with van der Waals surface area (Å²) in [6.07, 6.45) is 1.59. The number of benzene rings is 1. The molecule has 1 fully saturated rings. The molecule has 0 spiro atoms. The van der Waals surface area contributed by atoms with Crippen LogP contribution in [0.1, 0.15) is 12.8 Å². The van der Waals surface area contributed by atoms with E-state index in [4.69, 9.17) is 22.1 Å². The van der Waals surface area contributed by atoms with Gasteiger partial charge in [0.2, 0.25) is 10.0 Å². The van der Waals surface area contributed by atoms with E-state index in [2.05, 4.69) is 15.9 Å². The van der Waals surface area contributed by atoms with Gasteiger partial charge in [0.1, 0.15) is 4.90 Å². The molecule has 1 atom stereocenters. The van der Waals surface area contributed by atoms with E-state index < -0.39 is 10.0 Å². The maximum absolute atomic E-state index is 12.7. The minimum Gasteiger partial charge on any atom is -0.494 e. The molecule has 0 radical (unpaired) electrons. The molecule has 1 aromatic rings. The lowest BCUT2D eigenvalue weighted by atomic mass is 10.1. The molecule has 2 rings (SSSR count). The number of methoxy groups -OCH3 is 1. The summed E-state index contributed by atoms with van der Waals surface area (Å²) < 4.78 is 32.5. The Morgan fingerprint density at radius 1 is 1.50 bits per heavy atom. The van der Waals surface area contributed by atoms with Crippen LogP contribution >= 0.6 is 27.5 Å². The van der Waals surface area contributed by atoms with E-state index in [1.165, 1.54) is 17.5 Å². The Morgan fingerprint density at radius 3 is 2.80 bits per heavy atom. The minimum atomic E-state index is -3.67. The van der Waals surface area contributed by atoms with Crippen LogP contribution in [-0.2, 0) is 10.0 Å². The van der Waals surface area contributed by atoms with Crippen molar-refractivity contribution in [1.82, 2.24) is 4.31 Å². The van der Waals surface area contributed by atoms with Crippen LogP contribution in [0.15, 0.2) is 21.5 Å². The third-order valence-corrected chi connectivity index (χ3v) is 5.89. The number of nitrogens with two attached hydrogens (primary N) is 1. The predicted octanol–water partition coefficient (Wildman–Crippen LogP) is 2.22. The molecule has 1 unspecified atom stereocenters. The fourth-order valence-electron chi connectivity index (χ4n) is 2.26. The Balaban J connectivity index is 2.48. The number of hydrogen-bond acceptors (Lipinski definition) is 4. The van der Waals surface area contributed by atoms with Crippen LogP contribution in [0.2, 0.25) is 5.02 Å². The van der Waals surface area contributed by atoms with Gasteiger partial charge >= 0.3 is 0 Å². The average Bonchev–Trinajstić information content (AvgIpc) is 2.38. The molecule has 8 heteroatoms. The molecule has 2 N–H and O–H groups in total. The number of halogens is 2. The second kappa shape index (κ2) is 6.19. The smallest absolute Gasteiger partial charge is 0.246 e. The predicted molar refractivity (Wildman–Crippen MR) is 81.7 cm³/mol. The molecule has 20 heavy (non-hydrogen) atoms. The number of hydrogen-bond donors (Lipinski definition) is 1. The number of ether oxygens (including phenoxy) is 1. The minimum absolute atomic E-state index is 0.0634. The summed E-state index contributed by atoms with van der Waals surface area (Å²) in [5, 5.41) is 0.331. The van der Waals surface area contributed by atoms with Crippen molar-refractivity contribution in [1.29, 1.82) is 0 Å². The van der Waals surface area contributed by atoms with Gasteiger partial charge in [-0.25, -0.2) is 8.42 Å². The highest BCUT2D eigenvalue weighted by atomic mass is 79.9. The number of piperidine rings is 1. The second-order valence-corrected chi connectivity index (χ2v) is 7.88. The third kappa shape index (κ3) is 3.12. The van der Waals surface area contributed by atoms with E-state index >= 15 is 0 Å². The van der Waals surface area contributed by atoms with Crippen molar-refractivity contribution < 1.29 is 13.2 Å². The van der Waals surface area contributed by atoms with Crippen molar-refractivity contribution in [2.45, 2.75) is 23.8 Å². The maximum Gasteiger partial charge on any atom is 0.246 e. The molecule has 1 aliphatic rings. The summed E-state index contributed by atoms with van der Waals surface area (Å²) in [7, 11) is -2.24. The zero-order valence-corrected chi connectivity index (χ0v) is 14.1. The standard InChI is InChI=1S/C12H16BrClN2O3S/c1-19-12-10(13)5-8(14)6-11(12)20(17,18)16-4-2-3-9(15)7-16/h5-6,9H,2-4,7,15H2,1H3. The third-order valence-electron chi connectivity index (χ3n) is 3.22. The van der Waals surface area contributed by atoms with Gasteiger partial charge in [0.05, 0.1) is 11.6 Å². The number of rotatable bonds is 3. The van der Waals surface area contributed by atoms with Gasteiger partial charge in [0.15, 0.2) is 5.75 Å². The van der Waals surface area contributed by atoms with Crippen molar-refractivity contribution in [2.24, 2.45) is 5.73 Å². The highest BCUT2D eigenvalue weighted by molar-refractivity contribution is 9.10. The Bertz CT molecular complexity index is 609. The van der Waals surface area contributed by atoms with E-state index in [9.17, 15) is 8.42 Å². The van der Waals surface area contributed by atoms with Crippen molar-refractivity contribution >= 4 is 37.6 Å². The molecular weight excluding hydrogens is 368 g/mol. The van der Waals surface area contributed by atoms with E-state index in [1.54, 1.807) is 6.07 Å². The van der Waals surface area contributed by atoms with Crippen molar-refractivity contribution in [3.8, 4) is 5.75 Å². The highest BCUT2D eigenvalue weighted by Crippen LogP contribution is 2.37. The van der Waals surface area contributed by atoms with Crippen LogP contribution in [-0.4, -0.2) is 39.0 Å². The molecule has 0 aliphatic carbocycles. The highest BCUT2D eigenvalue weighted by Gasteiger charge is 2.32. The Morgan fingerprint density at radius 2 is 2.20 bits per heavy atom. The van der Waals surface area contributed by atoms with Gasteiger partial charge in [0, 0.05) is 24.2 Å². The van der Waals surface area contributed by atoms with Crippen LogP contribution < -0.4 is 10.5 Å². The summed E-state index contributed by atoms with van der Waals surface area (Å²) in [6.45, 7) is 0.777. The first-order valence-corrected chi connectivity index (χ1v) is 8.76. The first-order valence-electron chi connectivity index (χ1n) is 6.15. The average molecular weight is 384 g/mol. The molecule has 112 valence electrons. The molecular formula is C12H16BrClN2O3S. The summed E-state index contributed by atoms with van der Waals surface area (Å²) in [5.41, 5.74) is 5.86. The summed E-state index contributed by atoms with van der Waals surface area (Å²) in [5.74, 6) is 0.258. The van der Waals surface area contributed by atoms with E-state index in [0.29, 0.717) is 22.6 Å². The number of sulfonamides is 1. The Hall–Kier alpha value is -0.340. The molecule has 0 bridgehead atoms. The monoisotopic (exact) mass is 382 g/mol. The van der Waals surface area contributed by atoms with Crippen LogP contribution in [0, 0.1) is 0 Å². The summed E-state index contributed by atoms with van der Waals surface area (Å²) in [6, 6.07) is 2.87. The topological polar surface area (TPSA) is 72.6 Å². The second-order valence-electron chi connectivity index (χ2n) is 4.68. The van der Waals surface area contributed by atoms with Gasteiger partial charge in [0.25, 0.3) is 0 Å². The largest absolute Gasteiger partial charge is 0.494 e. The molecule has 1 aliphatic heterocycles. The molecule has 5 nitrogen and oxygen atoms in total. The van der Waals surface area contributed by atoms with Crippen LogP contribution in [0.25, 0.3) is 0 Å². The van der Waals surface area contributed by atoms with Gasteiger partial charge in [-0.2, -0.15) is 4.31 Å². The van der Waals surface area contributed by atoms with Gasteiger partial charge in [-0.3, -0.25) is 0 Å². The van der Waals surface area contributed by atoms with Crippen molar-refractivity contribution in [2.75, 3.05) is 20.2 Å². The Labute approximate surface area is 132 Å². The lowest BCUT2D eigenvalue weighted by Crippen LogP contribution is -2.45. The van der Waals surface area contributed by atoms with Crippen LogP contribution in [0.3, 0.4) is 0 Å². The first kappa shape index (κ1) is 16.0. The van der Waals surface area contributed by atoms with Gasteiger partial charge in [-0.15, -0.1) is 0 Å². The lowest BCUT2D eigenvalue weighted by Gasteiger charge is -2.30. The molecule has 1 saturated heterocycles. The zero-order valence-electron chi connectivity index (χ0n) is 11.0. The van der Waals surface area contributed by atoms with Crippen LogP contribution in [0.5, 0.6) is 5.75 Å². The SMILES string of the molecule is COc1c(Br)cc(Cl)cc1S(=O)(=O)N1CCCC(N)C1.